The maximum absolute atomic E-state index is 10.9. The molecular weight excluding hydrogens is 1290 g/mol. The van der Waals surface area contributed by atoms with Gasteiger partial charge in [0, 0.05) is 11.9 Å². The summed E-state index contributed by atoms with van der Waals surface area (Å²) in [6.07, 6.45) is 116. The predicted molar refractivity (Wildman–Crippen MR) is 459 cm³/mol. The topological polar surface area (TPSA) is 86.7 Å². The minimum absolute atomic E-state index is 0. The molecule has 0 fully saturated rings. The van der Waals surface area contributed by atoms with E-state index in [-0.39, 0.29) is 50.6 Å². The third kappa shape index (κ3) is 102. The average molecular weight is 1480 g/mol. The van der Waals surface area contributed by atoms with Gasteiger partial charge in [-0.15, -0.1) is 0 Å². The first kappa shape index (κ1) is 107. The van der Waals surface area contributed by atoms with Gasteiger partial charge in [0.1, 0.15) is 0 Å². The minimum atomic E-state index is -0.896. The number of hydrogen-bond donors (Lipinski definition) is 0. The second kappa shape index (κ2) is 100. The van der Waals surface area contributed by atoms with Crippen molar-refractivity contribution in [1.29, 1.82) is 0 Å². The summed E-state index contributed by atoms with van der Waals surface area (Å²) < 4.78 is 0. The third-order valence-electron chi connectivity index (χ3n) is 23.0. The standard InChI is InChI=1S/2C48H97NO2.Ca/c2*1-3-5-7-9-11-13-15-17-19-21-23-25-27-29-31-33-35-37-39-41-45-49(47-43-44-48(50)51)46-42-40-38-36-34-32-30-28-26-24-22-20-18-16-14-12-10-8-6-4-2;/h2*3-47H2,1-2H3,(H,50,51);/q;;+2/p-2. The van der Waals surface area contributed by atoms with Gasteiger partial charge in [0.05, 0.1) is 0 Å². The fourth-order valence-corrected chi connectivity index (χ4v) is 15.9. The van der Waals surface area contributed by atoms with E-state index in [4.69, 9.17) is 0 Å². The van der Waals surface area contributed by atoms with Crippen LogP contribution in [0.3, 0.4) is 0 Å². The predicted octanol–water partition coefficient (Wildman–Crippen LogP) is 30.5. The van der Waals surface area contributed by atoms with Crippen LogP contribution in [0.5, 0.6) is 0 Å². The normalized spacial score (nSPS) is 11.6. The van der Waals surface area contributed by atoms with Crippen LogP contribution in [0.1, 0.15) is 567 Å². The molecule has 0 aliphatic carbocycles. The van der Waals surface area contributed by atoms with Gasteiger partial charge in [-0.3, -0.25) is 0 Å². The van der Waals surface area contributed by atoms with Crippen molar-refractivity contribution in [2.45, 2.75) is 567 Å². The molecule has 0 unspecified atom stereocenters. The zero-order valence-electron chi connectivity index (χ0n) is 71.9. The van der Waals surface area contributed by atoms with Gasteiger partial charge in [-0.05, 0) is 90.6 Å². The number of carbonyl (C=O) groups is 2. The maximum atomic E-state index is 10.9. The Labute approximate surface area is 680 Å². The van der Waals surface area contributed by atoms with Crippen LogP contribution in [0.4, 0.5) is 0 Å². The molecule has 0 aliphatic rings. The Hall–Kier alpha value is 0.120. The number of carbonyl (C=O) groups excluding carboxylic acids is 2. The van der Waals surface area contributed by atoms with Crippen LogP contribution in [0.15, 0.2) is 0 Å². The molecule has 0 aromatic carbocycles. The van der Waals surface area contributed by atoms with Crippen LogP contribution in [-0.4, -0.2) is 98.7 Å². The van der Waals surface area contributed by atoms with Crippen molar-refractivity contribution in [2.75, 3.05) is 39.3 Å². The van der Waals surface area contributed by atoms with Gasteiger partial charge >= 0.3 is 37.7 Å². The van der Waals surface area contributed by atoms with E-state index >= 15 is 0 Å². The Morgan fingerprint density at radius 1 is 0.155 bits per heavy atom. The first-order valence-electron chi connectivity index (χ1n) is 48.2. The number of hydrogen-bond acceptors (Lipinski definition) is 6. The van der Waals surface area contributed by atoms with Gasteiger partial charge in [-0.1, -0.05) is 516 Å². The summed E-state index contributed by atoms with van der Waals surface area (Å²) in [5.41, 5.74) is 0. The summed E-state index contributed by atoms with van der Waals surface area (Å²) in [6.45, 7) is 15.6. The zero-order valence-corrected chi connectivity index (χ0v) is 74.1. The first-order valence-corrected chi connectivity index (χ1v) is 48.2. The monoisotopic (exact) mass is 1480 g/mol. The van der Waals surface area contributed by atoms with Crippen molar-refractivity contribution in [1.82, 2.24) is 9.80 Å². The molecule has 0 heterocycles. The summed E-state index contributed by atoms with van der Waals surface area (Å²) in [6, 6.07) is 0. The molecular formula is C96H192CaN2O4. The summed E-state index contributed by atoms with van der Waals surface area (Å²) in [5, 5.41) is 21.9. The molecule has 0 saturated heterocycles. The molecule has 612 valence electrons. The molecule has 0 radical (unpaired) electrons. The number of aliphatic carboxylic acids is 2. The maximum Gasteiger partial charge on any atom is 2.00 e. The van der Waals surface area contributed by atoms with Crippen LogP contribution in [-0.2, 0) is 9.59 Å². The smallest absolute Gasteiger partial charge is 0.550 e. The third-order valence-corrected chi connectivity index (χ3v) is 23.0. The largest absolute Gasteiger partial charge is 2.00 e. The molecule has 0 bridgehead atoms. The van der Waals surface area contributed by atoms with E-state index in [9.17, 15) is 19.8 Å². The Morgan fingerprint density at radius 2 is 0.243 bits per heavy atom. The fourth-order valence-electron chi connectivity index (χ4n) is 15.9. The van der Waals surface area contributed by atoms with E-state index < -0.39 is 11.9 Å². The van der Waals surface area contributed by atoms with Crippen LogP contribution in [0.25, 0.3) is 0 Å². The van der Waals surface area contributed by atoms with E-state index in [1.165, 1.54) is 514 Å². The van der Waals surface area contributed by atoms with Crippen molar-refractivity contribution < 1.29 is 19.8 Å². The minimum Gasteiger partial charge on any atom is -0.550 e. The number of nitrogens with zero attached hydrogens (tertiary/aromatic N) is 2. The van der Waals surface area contributed by atoms with Crippen LogP contribution in [0.2, 0.25) is 0 Å². The van der Waals surface area contributed by atoms with E-state index in [0.29, 0.717) is 0 Å². The van der Waals surface area contributed by atoms with Crippen molar-refractivity contribution in [3.63, 3.8) is 0 Å². The number of rotatable bonds is 92. The fraction of sp³-hybridized carbons (Fsp3) is 0.979. The molecule has 0 spiro atoms. The van der Waals surface area contributed by atoms with Gasteiger partial charge in [-0.25, -0.2) is 0 Å². The van der Waals surface area contributed by atoms with Crippen LogP contribution < -0.4 is 10.2 Å². The van der Waals surface area contributed by atoms with Gasteiger partial charge in [-0.2, -0.15) is 0 Å². The van der Waals surface area contributed by atoms with Gasteiger partial charge in [0.15, 0.2) is 0 Å². The molecule has 7 heteroatoms. The van der Waals surface area contributed by atoms with Crippen LogP contribution in [0, 0.1) is 0 Å². The molecule has 0 atom stereocenters. The van der Waals surface area contributed by atoms with E-state index in [2.05, 4.69) is 37.5 Å². The quantitative estimate of drug-likeness (QED) is 0.0445. The molecule has 0 rings (SSSR count). The van der Waals surface area contributed by atoms with Crippen molar-refractivity contribution >= 4 is 49.7 Å². The van der Waals surface area contributed by atoms with Gasteiger partial charge < -0.3 is 29.6 Å². The second-order valence-electron chi connectivity index (χ2n) is 33.5. The van der Waals surface area contributed by atoms with Crippen LogP contribution >= 0.6 is 0 Å². The van der Waals surface area contributed by atoms with Crippen molar-refractivity contribution in [3.05, 3.63) is 0 Å². The molecule has 0 aromatic rings. The van der Waals surface area contributed by atoms with E-state index in [1.807, 2.05) is 0 Å². The summed E-state index contributed by atoms with van der Waals surface area (Å²) in [4.78, 5) is 27.0. The SMILES string of the molecule is CCCCCCCCCCCCCCCCCCCCCCN(CCCCCCCCCCCCCCCCCCCCCC)CCCC(=O)[O-].CCCCCCCCCCCCCCCCCCCCCCN(CCCCCCCCCCCCCCCCCCCCCC)CCCC(=O)[O-].[Ca+2]. The average Bonchev–Trinajstić information content (AvgIpc) is 1.83. The number of carboxylic acids is 2. The summed E-state index contributed by atoms with van der Waals surface area (Å²) >= 11 is 0. The second-order valence-corrected chi connectivity index (χ2v) is 33.5. The summed E-state index contributed by atoms with van der Waals surface area (Å²) in [7, 11) is 0. The molecule has 0 saturated carbocycles. The molecule has 0 amide bonds. The number of carboxylic acid groups (broad SMARTS) is 2. The van der Waals surface area contributed by atoms with Crippen molar-refractivity contribution in [3.8, 4) is 0 Å². The Bertz CT molecular complexity index is 1300. The molecule has 103 heavy (non-hydrogen) atoms. The Balaban J connectivity index is -0.00000192. The first-order chi connectivity index (χ1) is 50.4. The summed E-state index contributed by atoms with van der Waals surface area (Å²) in [5.74, 6) is -1.79. The van der Waals surface area contributed by atoms with E-state index in [0.717, 1.165) is 52.1 Å². The Kier molecular flexibility index (Phi) is 104. The van der Waals surface area contributed by atoms with Gasteiger partial charge in [0.25, 0.3) is 0 Å². The van der Waals surface area contributed by atoms with E-state index in [1.54, 1.807) is 0 Å². The zero-order chi connectivity index (χ0) is 73.9. The molecule has 0 aromatic heterocycles. The molecule has 0 N–H and O–H groups in total. The number of unbranched alkanes of at least 4 members (excludes halogenated alkanes) is 76. The molecule has 0 aliphatic heterocycles. The molecule has 6 nitrogen and oxygen atoms in total. The van der Waals surface area contributed by atoms with Gasteiger partial charge in [0.2, 0.25) is 0 Å². The van der Waals surface area contributed by atoms with Crippen molar-refractivity contribution in [2.24, 2.45) is 0 Å². The Morgan fingerprint density at radius 3 is 0.340 bits per heavy atom.